The molecule has 0 bridgehead atoms. The van der Waals surface area contributed by atoms with Crippen molar-refractivity contribution >= 4 is 36.3 Å². The Bertz CT molecular complexity index is 447. The topological polar surface area (TPSA) is 93.2 Å². The third-order valence-corrected chi connectivity index (χ3v) is 9.02. The Balaban J connectivity index is 5.14. The molecular weight excluding hydrogens is 331 g/mol. The van der Waals surface area contributed by atoms with Crippen LogP contribution in [0.3, 0.4) is 0 Å². The summed E-state index contributed by atoms with van der Waals surface area (Å²) in [5.41, 5.74) is 0. The highest BCUT2D eigenvalue weighted by molar-refractivity contribution is 8.57. The Morgan fingerprint density at radius 1 is 1.32 bits per heavy atom. The van der Waals surface area contributed by atoms with Crippen molar-refractivity contribution in [2.24, 2.45) is 0 Å². The molecule has 0 aliphatic heterocycles. The molecule has 0 aliphatic rings. The van der Waals surface area contributed by atoms with E-state index < -0.39 is 18.5 Å². The van der Waals surface area contributed by atoms with E-state index in [-0.39, 0.29) is 18.5 Å². The second kappa shape index (κ2) is 9.86. The largest absolute Gasteiger partial charge is 0.456 e. The monoisotopic (exact) mass is 354 g/mol. The van der Waals surface area contributed by atoms with Crippen molar-refractivity contribution in [3.05, 3.63) is 0 Å². The van der Waals surface area contributed by atoms with Crippen molar-refractivity contribution in [2.45, 2.75) is 25.5 Å². The number of nitrogens with zero attached hydrogens (tertiary/aromatic N) is 2. The van der Waals surface area contributed by atoms with Gasteiger partial charge in [-0.05, 0) is 6.42 Å². The summed E-state index contributed by atoms with van der Waals surface area (Å²) in [5.74, 6) is -2.20. The van der Waals surface area contributed by atoms with Crippen molar-refractivity contribution in [2.75, 3.05) is 34.4 Å². The van der Waals surface area contributed by atoms with Crippen LogP contribution in [0.5, 0.6) is 0 Å². The molecule has 0 saturated heterocycles. The van der Waals surface area contributed by atoms with Gasteiger partial charge in [0.1, 0.15) is 6.61 Å². The first-order valence-electron chi connectivity index (χ1n) is 6.65. The zero-order valence-corrected chi connectivity index (χ0v) is 15.2. The number of carbonyl (C=O) groups is 3. The average Bonchev–Trinajstić information content (AvgIpc) is 2.52. The number of methoxy groups -OCH3 is 1. The zero-order chi connectivity index (χ0) is 17.3. The Hall–Kier alpha value is -1.05. The van der Waals surface area contributed by atoms with Gasteiger partial charge in [-0.3, -0.25) is 23.5 Å². The smallest absolute Gasteiger partial charge is 0.397 e. The predicted molar refractivity (Wildman–Crippen MR) is 84.4 cm³/mol. The molecule has 2 unspecified atom stereocenters. The summed E-state index contributed by atoms with van der Waals surface area (Å²) in [6.07, 6.45) is 1.07. The molecule has 0 aliphatic carbocycles. The van der Waals surface area contributed by atoms with Crippen LogP contribution < -0.4 is 0 Å². The Kier molecular flexibility index (Phi) is 9.39. The highest BCUT2D eigenvalue weighted by Crippen LogP contribution is 2.64. The van der Waals surface area contributed by atoms with Crippen molar-refractivity contribution in [1.82, 2.24) is 9.34 Å². The van der Waals surface area contributed by atoms with E-state index in [1.54, 1.807) is 0 Å². The van der Waals surface area contributed by atoms with Crippen molar-refractivity contribution in [1.29, 1.82) is 0 Å². The van der Waals surface area contributed by atoms with E-state index >= 15 is 0 Å². The van der Waals surface area contributed by atoms with Gasteiger partial charge in [0, 0.05) is 26.5 Å². The molecule has 0 fully saturated rings. The number of rotatable bonds is 9. The SMILES string of the molecule is CCC(C)SP(=O)(N(C)C=O)N(C)C(=O)C(=O)OCCOC. The number of ether oxygens (including phenoxy) is 2. The van der Waals surface area contributed by atoms with Gasteiger partial charge in [0.2, 0.25) is 6.41 Å². The van der Waals surface area contributed by atoms with Crippen molar-refractivity contribution in [3.8, 4) is 0 Å². The Morgan fingerprint density at radius 2 is 1.91 bits per heavy atom. The minimum absolute atomic E-state index is 0.0620. The summed E-state index contributed by atoms with van der Waals surface area (Å²) in [7, 11) is 3.96. The standard InChI is InChI=1S/C12H23N2O6PS/c1-6-10(2)22-21(18,13(3)9-15)14(4)11(16)12(17)20-8-7-19-5/h9-10H,6-8H2,1-5H3. The van der Waals surface area contributed by atoms with Crippen LogP contribution in [0.25, 0.3) is 0 Å². The van der Waals surface area contributed by atoms with E-state index in [0.29, 0.717) is 12.8 Å². The Morgan fingerprint density at radius 3 is 2.36 bits per heavy atom. The minimum Gasteiger partial charge on any atom is -0.456 e. The molecule has 128 valence electrons. The van der Waals surface area contributed by atoms with Gasteiger partial charge in [-0.2, -0.15) is 0 Å². The van der Waals surface area contributed by atoms with E-state index in [1.807, 2.05) is 13.8 Å². The van der Waals surface area contributed by atoms with Gasteiger partial charge in [0.15, 0.2) is 0 Å². The van der Waals surface area contributed by atoms with Crippen LogP contribution >= 0.6 is 18.0 Å². The zero-order valence-electron chi connectivity index (χ0n) is 13.5. The van der Waals surface area contributed by atoms with E-state index in [9.17, 15) is 18.9 Å². The van der Waals surface area contributed by atoms with Gasteiger partial charge in [-0.25, -0.2) is 4.79 Å². The first kappa shape index (κ1) is 20.9. The summed E-state index contributed by atoms with van der Waals surface area (Å²) in [6, 6.07) is 0. The molecule has 0 aromatic carbocycles. The number of hydrogen-bond acceptors (Lipinski definition) is 7. The van der Waals surface area contributed by atoms with Gasteiger partial charge in [0.25, 0.3) is 0 Å². The van der Waals surface area contributed by atoms with Crippen LogP contribution in [0.2, 0.25) is 0 Å². The van der Waals surface area contributed by atoms with Gasteiger partial charge in [0.05, 0.1) is 6.61 Å². The van der Waals surface area contributed by atoms with Crippen molar-refractivity contribution < 1.29 is 28.4 Å². The fraction of sp³-hybridized carbons (Fsp3) is 0.750. The van der Waals surface area contributed by atoms with E-state index in [1.165, 1.54) is 21.2 Å². The third kappa shape index (κ3) is 5.62. The molecule has 0 heterocycles. The summed E-state index contributed by atoms with van der Waals surface area (Å²) in [6.45, 7) is 0.195. The molecule has 8 nitrogen and oxygen atoms in total. The molecule has 22 heavy (non-hydrogen) atoms. The summed E-state index contributed by atoms with van der Waals surface area (Å²) >= 11 is 0.985. The average molecular weight is 354 g/mol. The number of carbonyl (C=O) groups excluding carboxylic acids is 3. The number of hydrogen-bond donors (Lipinski definition) is 0. The van der Waals surface area contributed by atoms with Crippen LogP contribution in [-0.2, 0) is 28.4 Å². The molecule has 0 radical (unpaired) electrons. The molecule has 0 rings (SSSR count). The lowest BCUT2D eigenvalue weighted by Gasteiger charge is -2.32. The molecule has 10 heteroatoms. The van der Waals surface area contributed by atoms with Gasteiger partial charge in [-0.15, -0.1) is 0 Å². The summed E-state index contributed by atoms with van der Waals surface area (Å²) in [5, 5.41) is -0.0620. The van der Waals surface area contributed by atoms with E-state index in [2.05, 4.69) is 0 Å². The van der Waals surface area contributed by atoms with Gasteiger partial charge < -0.3 is 9.47 Å². The van der Waals surface area contributed by atoms with E-state index in [0.717, 1.165) is 20.7 Å². The van der Waals surface area contributed by atoms with Crippen LogP contribution in [0.15, 0.2) is 0 Å². The molecule has 0 saturated carbocycles. The number of esters is 1. The molecular formula is C12H23N2O6PS. The highest BCUT2D eigenvalue weighted by Gasteiger charge is 2.40. The van der Waals surface area contributed by atoms with Crippen LogP contribution in [0, 0.1) is 0 Å². The molecule has 0 N–H and O–H groups in total. The van der Waals surface area contributed by atoms with Crippen LogP contribution in [-0.4, -0.2) is 67.3 Å². The van der Waals surface area contributed by atoms with Crippen LogP contribution in [0.4, 0.5) is 0 Å². The Labute approximate surface area is 134 Å². The fourth-order valence-corrected chi connectivity index (χ4v) is 6.08. The van der Waals surface area contributed by atoms with Crippen LogP contribution in [0.1, 0.15) is 20.3 Å². The maximum atomic E-state index is 13.0. The maximum absolute atomic E-state index is 13.0. The van der Waals surface area contributed by atoms with E-state index in [4.69, 9.17) is 9.47 Å². The predicted octanol–water partition coefficient (Wildman–Crippen LogP) is 1.36. The first-order chi connectivity index (χ1) is 10.2. The molecule has 0 aromatic rings. The molecule has 0 spiro atoms. The normalized spacial score (nSPS) is 14.6. The number of likely N-dealkylation sites (N-methyl/N-ethyl adjacent to an activating group) is 1. The summed E-state index contributed by atoms with van der Waals surface area (Å²) < 4.78 is 24.1. The maximum Gasteiger partial charge on any atom is 0.397 e. The van der Waals surface area contributed by atoms with Gasteiger partial charge >= 0.3 is 18.5 Å². The molecule has 0 aromatic heterocycles. The van der Waals surface area contributed by atoms with Crippen molar-refractivity contribution in [3.63, 3.8) is 0 Å². The third-order valence-electron chi connectivity index (χ3n) is 2.81. The fourth-order valence-electron chi connectivity index (χ4n) is 1.25. The lowest BCUT2D eigenvalue weighted by atomic mass is 10.4. The quantitative estimate of drug-likeness (QED) is 0.203. The lowest BCUT2D eigenvalue weighted by molar-refractivity contribution is -0.158. The minimum atomic E-state index is -3.59. The van der Waals surface area contributed by atoms with Gasteiger partial charge in [-0.1, -0.05) is 25.2 Å². The number of amides is 2. The molecule has 2 atom stereocenters. The first-order valence-corrected chi connectivity index (χ1v) is 9.75. The summed E-state index contributed by atoms with van der Waals surface area (Å²) in [4.78, 5) is 34.7. The molecule has 2 amide bonds. The second-order valence-corrected chi connectivity index (χ2v) is 9.74. The highest BCUT2D eigenvalue weighted by atomic mass is 32.7. The second-order valence-electron chi connectivity index (χ2n) is 4.45. The lowest BCUT2D eigenvalue weighted by Crippen LogP contribution is -2.36.